The summed E-state index contributed by atoms with van der Waals surface area (Å²) in [5, 5.41) is 3.70. The zero-order valence-corrected chi connectivity index (χ0v) is 12.7. The molecular weight excluding hydrogens is 288 g/mol. The molecule has 1 aliphatic carbocycles. The monoisotopic (exact) mass is 310 g/mol. The van der Waals surface area contributed by atoms with Crippen LogP contribution in [0.3, 0.4) is 0 Å². The highest BCUT2D eigenvalue weighted by atomic mass is 79.9. The van der Waals surface area contributed by atoms with Crippen LogP contribution >= 0.6 is 15.9 Å². The molecule has 0 spiro atoms. The van der Waals surface area contributed by atoms with E-state index in [-0.39, 0.29) is 0 Å². The van der Waals surface area contributed by atoms with E-state index in [1.807, 2.05) is 12.3 Å². The maximum atomic E-state index is 4.60. The molecule has 3 heteroatoms. The van der Waals surface area contributed by atoms with Gasteiger partial charge in [0.05, 0.1) is 11.7 Å². The predicted octanol–water partition coefficient (Wildman–Crippen LogP) is 4.47. The molecule has 0 radical (unpaired) electrons. The van der Waals surface area contributed by atoms with Crippen LogP contribution in [0.2, 0.25) is 0 Å². The van der Waals surface area contributed by atoms with Gasteiger partial charge in [0.2, 0.25) is 0 Å². The van der Waals surface area contributed by atoms with Gasteiger partial charge in [0, 0.05) is 10.7 Å². The van der Waals surface area contributed by atoms with Crippen molar-refractivity contribution in [2.75, 3.05) is 6.54 Å². The standard InChI is InChI=1S/C15H23BrN2/c1-2-10-17-14(12-7-4-3-5-8-12)15-13(16)9-6-11-18-15/h6,9,11-12,14,17H,2-5,7-8,10H2,1H3. The predicted molar refractivity (Wildman–Crippen MR) is 79.5 cm³/mol. The lowest BCUT2D eigenvalue weighted by atomic mass is 9.82. The molecular formula is C15H23BrN2. The SMILES string of the molecule is CCCNC(c1ncccc1Br)C1CCCCC1. The molecule has 1 fully saturated rings. The van der Waals surface area contributed by atoms with Gasteiger partial charge in [0.1, 0.15) is 0 Å². The van der Waals surface area contributed by atoms with Crippen LogP contribution in [0.5, 0.6) is 0 Å². The lowest BCUT2D eigenvalue weighted by Crippen LogP contribution is -2.31. The van der Waals surface area contributed by atoms with Gasteiger partial charge in [-0.25, -0.2) is 0 Å². The summed E-state index contributed by atoms with van der Waals surface area (Å²) in [5.41, 5.74) is 1.19. The van der Waals surface area contributed by atoms with Gasteiger partial charge in [-0.05, 0) is 59.8 Å². The number of hydrogen-bond donors (Lipinski definition) is 1. The third kappa shape index (κ3) is 3.55. The van der Waals surface area contributed by atoms with Crippen molar-refractivity contribution < 1.29 is 0 Å². The maximum Gasteiger partial charge on any atom is 0.0717 e. The Morgan fingerprint density at radius 1 is 1.39 bits per heavy atom. The third-order valence-electron chi connectivity index (χ3n) is 3.82. The van der Waals surface area contributed by atoms with Crippen molar-refractivity contribution in [3.05, 3.63) is 28.5 Å². The van der Waals surface area contributed by atoms with E-state index in [0.717, 1.165) is 16.9 Å². The number of aromatic nitrogens is 1. The second kappa shape index (κ2) is 7.25. The van der Waals surface area contributed by atoms with Crippen LogP contribution < -0.4 is 5.32 Å². The largest absolute Gasteiger partial charge is 0.308 e. The minimum absolute atomic E-state index is 0.417. The molecule has 1 saturated carbocycles. The van der Waals surface area contributed by atoms with Gasteiger partial charge < -0.3 is 5.32 Å². The number of halogens is 1. The molecule has 1 heterocycles. The molecule has 1 aliphatic rings. The Hall–Kier alpha value is -0.410. The van der Waals surface area contributed by atoms with Crippen molar-refractivity contribution in [2.24, 2.45) is 5.92 Å². The summed E-state index contributed by atoms with van der Waals surface area (Å²) in [6, 6.07) is 4.51. The van der Waals surface area contributed by atoms with Crippen LogP contribution in [-0.2, 0) is 0 Å². The zero-order valence-electron chi connectivity index (χ0n) is 11.2. The molecule has 2 rings (SSSR count). The highest BCUT2D eigenvalue weighted by Crippen LogP contribution is 2.36. The van der Waals surface area contributed by atoms with Gasteiger partial charge >= 0.3 is 0 Å². The quantitative estimate of drug-likeness (QED) is 0.868. The Labute approximate surface area is 119 Å². The number of rotatable bonds is 5. The van der Waals surface area contributed by atoms with E-state index in [9.17, 15) is 0 Å². The number of nitrogens with zero attached hydrogens (tertiary/aromatic N) is 1. The molecule has 1 aromatic rings. The summed E-state index contributed by atoms with van der Waals surface area (Å²) in [5.74, 6) is 0.747. The van der Waals surface area contributed by atoms with Crippen molar-refractivity contribution in [3.63, 3.8) is 0 Å². The van der Waals surface area contributed by atoms with Crippen molar-refractivity contribution in [3.8, 4) is 0 Å². The van der Waals surface area contributed by atoms with E-state index < -0.39 is 0 Å². The second-order valence-electron chi connectivity index (χ2n) is 5.20. The number of hydrogen-bond acceptors (Lipinski definition) is 2. The molecule has 1 atom stereocenters. The van der Waals surface area contributed by atoms with E-state index in [4.69, 9.17) is 0 Å². The minimum Gasteiger partial charge on any atom is -0.308 e. The first-order chi connectivity index (χ1) is 8.83. The highest BCUT2D eigenvalue weighted by Gasteiger charge is 2.26. The highest BCUT2D eigenvalue weighted by molar-refractivity contribution is 9.10. The molecule has 1 aromatic heterocycles. The lowest BCUT2D eigenvalue weighted by molar-refractivity contribution is 0.267. The van der Waals surface area contributed by atoms with Crippen LogP contribution in [-0.4, -0.2) is 11.5 Å². The smallest absolute Gasteiger partial charge is 0.0717 e. The Balaban J connectivity index is 2.15. The van der Waals surface area contributed by atoms with Gasteiger partial charge in [-0.15, -0.1) is 0 Å². The first kappa shape index (κ1) is 14.0. The maximum absolute atomic E-state index is 4.60. The van der Waals surface area contributed by atoms with Crippen molar-refractivity contribution in [1.29, 1.82) is 0 Å². The van der Waals surface area contributed by atoms with Gasteiger partial charge in [0.25, 0.3) is 0 Å². The minimum atomic E-state index is 0.417. The molecule has 18 heavy (non-hydrogen) atoms. The van der Waals surface area contributed by atoms with Crippen LogP contribution in [0.25, 0.3) is 0 Å². The summed E-state index contributed by atoms with van der Waals surface area (Å²) >= 11 is 3.65. The van der Waals surface area contributed by atoms with Gasteiger partial charge in [-0.2, -0.15) is 0 Å². The molecule has 0 aromatic carbocycles. The molecule has 0 bridgehead atoms. The first-order valence-electron chi connectivity index (χ1n) is 7.16. The molecule has 0 aliphatic heterocycles. The molecule has 2 nitrogen and oxygen atoms in total. The van der Waals surface area contributed by atoms with E-state index in [1.54, 1.807) is 0 Å². The molecule has 0 amide bonds. The lowest BCUT2D eigenvalue weighted by Gasteiger charge is -2.31. The number of pyridine rings is 1. The Kier molecular flexibility index (Phi) is 5.64. The van der Waals surface area contributed by atoms with E-state index >= 15 is 0 Å². The van der Waals surface area contributed by atoms with Crippen LogP contribution in [0.4, 0.5) is 0 Å². The van der Waals surface area contributed by atoms with Crippen LogP contribution in [0, 0.1) is 5.92 Å². The fourth-order valence-corrected chi connectivity index (χ4v) is 3.38. The average molecular weight is 311 g/mol. The Morgan fingerprint density at radius 3 is 2.83 bits per heavy atom. The van der Waals surface area contributed by atoms with Gasteiger partial charge in [-0.1, -0.05) is 26.2 Å². The molecule has 1 unspecified atom stereocenters. The van der Waals surface area contributed by atoms with Gasteiger partial charge in [0.15, 0.2) is 0 Å². The summed E-state index contributed by atoms with van der Waals surface area (Å²) in [6.45, 7) is 3.29. The summed E-state index contributed by atoms with van der Waals surface area (Å²) in [6.07, 6.45) is 9.91. The number of nitrogens with one attached hydrogen (secondary N) is 1. The average Bonchev–Trinajstić information content (AvgIpc) is 2.42. The summed E-state index contributed by atoms with van der Waals surface area (Å²) in [7, 11) is 0. The normalized spacial score (nSPS) is 18.8. The molecule has 1 N–H and O–H groups in total. The van der Waals surface area contributed by atoms with Crippen LogP contribution in [0.15, 0.2) is 22.8 Å². The summed E-state index contributed by atoms with van der Waals surface area (Å²) < 4.78 is 1.14. The zero-order chi connectivity index (χ0) is 12.8. The van der Waals surface area contributed by atoms with Gasteiger partial charge in [-0.3, -0.25) is 4.98 Å². The van der Waals surface area contributed by atoms with E-state index in [0.29, 0.717) is 6.04 Å². The molecule has 0 saturated heterocycles. The van der Waals surface area contributed by atoms with Crippen molar-refractivity contribution in [1.82, 2.24) is 10.3 Å². The molecule has 100 valence electrons. The second-order valence-corrected chi connectivity index (χ2v) is 6.05. The van der Waals surface area contributed by atoms with Crippen LogP contribution in [0.1, 0.15) is 57.2 Å². The fourth-order valence-electron chi connectivity index (χ4n) is 2.88. The third-order valence-corrected chi connectivity index (χ3v) is 4.49. The Bertz CT molecular complexity index is 361. The van der Waals surface area contributed by atoms with E-state index in [1.165, 1.54) is 44.2 Å². The first-order valence-corrected chi connectivity index (χ1v) is 7.96. The fraction of sp³-hybridized carbons (Fsp3) is 0.667. The van der Waals surface area contributed by atoms with Crippen molar-refractivity contribution in [2.45, 2.75) is 51.5 Å². The summed E-state index contributed by atoms with van der Waals surface area (Å²) in [4.78, 5) is 4.60. The Morgan fingerprint density at radius 2 is 2.17 bits per heavy atom. The topological polar surface area (TPSA) is 24.9 Å². The van der Waals surface area contributed by atoms with Crippen molar-refractivity contribution >= 4 is 15.9 Å². The van der Waals surface area contributed by atoms with E-state index in [2.05, 4.69) is 39.2 Å².